The Morgan fingerprint density at radius 1 is 1.15 bits per heavy atom. The predicted molar refractivity (Wildman–Crippen MR) is 75.8 cm³/mol. The third-order valence-electron chi connectivity index (χ3n) is 2.61. The lowest BCUT2D eigenvalue weighted by Gasteiger charge is -2.05. The Balaban J connectivity index is 1.94. The van der Waals surface area contributed by atoms with Crippen molar-refractivity contribution >= 4 is 11.6 Å². The third-order valence-corrected chi connectivity index (χ3v) is 2.80. The van der Waals surface area contributed by atoms with Gasteiger partial charge in [0.1, 0.15) is 5.15 Å². The molecule has 0 atom stereocenters. The highest BCUT2D eigenvalue weighted by Gasteiger charge is 2.08. The van der Waals surface area contributed by atoms with Crippen molar-refractivity contribution in [1.82, 2.24) is 19.7 Å². The molecule has 1 aromatic carbocycles. The number of aromatic nitrogens is 4. The highest BCUT2D eigenvalue weighted by atomic mass is 35.5. The maximum atomic E-state index is 6.02. The van der Waals surface area contributed by atoms with Crippen LogP contribution in [0.3, 0.4) is 0 Å². The van der Waals surface area contributed by atoms with E-state index in [0.717, 1.165) is 5.56 Å². The zero-order chi connectivity index (χ0) is 13.9. The summed E-state index contributed by atoms with van der Waals surface area (Å²) in [6.45, 7) is 0. The van der Waals surface area contributed by atoms with Gasteiger partial charge in [0.05, 0.1) is 12.4 Å². The third kappa shape index (κ3) is 2.78. The van der Waals surface area contributed by atoms with E-state index in [9.17, 15) is 0 Å². The fourth-order valence-electron chi connectivity index (χ4n) is 1.74. The number of hydrogen-bond acceptors (Lipinski definition) is 4. The van der Waals surface area contributed by atoms with Gasteiger partial charge in [0.15, 0.2) is 11.6 Å². The molecule has 0 aliphatic carbocycles. The first-order valence-corrected chi connectivity index (χ1v) is 6.35. The van der Waals surface area contributed by atoms with Crippen molar-refractivity contribution in [1.29, 1.82) is 0 Å². The molecule has 0 aliphatic rings. The average molecular weight is 287 g/mol. The van der Waals surface area contributed by atoms with Gasteiger partial charge in [-0.15, -0.1) is 0 Å². The number of halogens is 1. The molecule has 3 rings (SSSR count). The minimum absolute atomic E-state index is 0.331. The minimum Gasteiger partial charge on any atom is -0.436 e. The van der Waals surface area contributed by atoms with E-state index in [-0.39, 0.29) is 0 Å². The summed E-state index contributed by atoms with van der Waals surface area (Å²) >= 11 is 6.02. The first kappa shape index (κ1) is 12.6. The van der Waals surface area contributed by atoms with Crippen molar-refractivity contribution < 1.29 is 4.74 Å². The molecule has 2 aromatic heterocycles. The predicted octanol–water partition coefficient (Wildman–Crippen LogP) is 3.32. The number of aryl methyl sites for hydroxylation is 1. The van der Waals surface area contributed by atoms with Crippen molar-refractivity contribution in [2.45, 2.75) is 0 Å². The summed E-state index contributed by atoms with van der Waals surface area (Å²) < 4.78 is 7.27. The molecule has 6 heteroatoms. The molecule has 0 unspecified atom stereocenters. The highest BCUT2D eigenvalue weighted by molar-refractivity contribution is 6.29. The minimum atomic E-state index is 0.331. The number of benzene rings is 1. The van der Waals surface area contributed by atoms with Gasteiger partial charge in [-0.05, 0) is 0 Å². The van der Waals surface area contributed by atoms with Crippen LogP contribution in [-0.4, -0.2) is 19.7 Å². The van der Waals surface area contributed by atoms with Crippen LogP contribution in [0.1, 0.15) is 0 Å². The Kier molecular flexibility index (Phi) is 3.35. The average Bonchev–Trinajstić information content (AvgIpc) is 2.84. The molecular weight excluding hydrogens is 276 g/mol. The van der Waals surface area contributed by atoms with E-state index in [1.807, 2.05) is 37.4 Å². The first-order chi connectivity index (χ1) is 9.70. The van der Waals surface area contributed by atoms with Crippen LogP contribution in [0.25, 0.3) is 11.4 Å². The van der Waals surface area contributed by atoms with Gasteiger partial charge in [-0.1, -0.05) is 41.9 Å². The molecule has 0 N–H and O–H groups in total. The van der Waals surface area contributed by atoms with Gasteiger partial charge < -0.3 is 4.74 Å². The lowest BCUT2D eigenvalue weighted by molar-refractivity contribution is 0.462. The molecule has 0 fully saturated rings. The Bertz CT molecular complexity index is 727. The lowest BCUT2D eigenvalue weighted by Crippen LogP contribution is -1.93. The number of hydrogen-bond donors (Lipinski definition) is 0. The highest BCUT2D eigenvalue weighted by Crippen LogP contribution is 2.24. The summed E-state index contributed by atoms with van der Waals surface area (Å²) in [5.74, 6) is 1.51. The standard InChI is InChI=1S/C14H11ClN4O/c1-19-9-11(8-16-19)20-13-7-12(15)17-14(18-13)10-5-3-2-4-6-10/h2-9H,1H3. The molecule has 0 bridgehead atoms. The van der Waals surface area contributed by atoms with Crippen molar-refractivity contribution in [3.8, 4) is 23.0 Å². The number of rotatable bonds is 3. The summed E-state index contributed by atoms with van der Waals surface area (Å²) in [5.41, 5.74) is 0.881. The van der Waals surface area contributed by atoms with Crippen molar-refractivity contribution in [2.24, 2.45) is 7.05 Å². The fraction of sp³-hybridized carbons (Fsp3) is 0.0714. The molecule has 5 nitrogen and oxygen atoms in total. The number of nitrogens with zero attached hydrogens (tertiary/aromatic N) is 4. The summed E-state index contributed by atoms with van der Waals surface area (Å²) in [4.78, 5) is 8.56. The Labute approximate surface area is 120 Å². The van der Waals surface area contributed by atoms with Gasteiger partial charge in [0.25, 0.3) is 0 Å². The van der Waals surface area contributed by atoms with Crippen molar-refractivity contribution in [3.63, 3.8) is 0 Å². The molecule has 100 valence electrons. The molecular formula is C14H11ClN4O. The van der Waals surface area contributed by atoms with Gasteiger partial charge in [0.2, 0.25) is 5.88 Å². The van der Waals surface area contributed by atoms with E-state index in [2.05, 4.69) is 15.1 Å². The van der Waals surface area contributed by atoms with Crippen molar-refractivity contribution in [3.05, 3.63) is 53.9 Å². The van der Waals surface area contributed by atoms with Crippen LogP contribution < -0.4 is 4.74 Å². The topological polar surface area (TPSA) is 52.8 Å². The summed E-state index contributed by atoms with van der Waals surface area (Å²) in [6, 6.07) is 11.2. The Morgan fingerprint density at radius 3 is 2.65 bits per heavy atom. The maximum absolute atomic E-state index is 6.02. The monoisotopic (exact) mass is 286 g/mol. The molecule has 0 spiro atoms. The normalized spacial score (nSPS) is 10.5. The summed E-state index contributed by atoms with van der Waals surface area (Å²) in [7, 11) is 1.81. The quantitative estimate of drug-likeness (QED) is 0.693. The van der Waals surface area contributed by atoms with E-state index in [4.69, 9.17) is 16.3 Å². The zero-order valence-electron chi connectivity index (χ0n) is 10.7. The van der Waals surface area contributed by atoms with Gasteiger partial charge in [-0.25, -0.2) is 4.98 Å². The summed E-state index contributed by atoms with van der Waals surface area (Å²) in [6.07, 6.45) is 3.36. The van der Waals surface area contributed by atoms with E-state index in [0.29, 0.717) is 22.6 Å². The van der Waals surface area contributed by atoms with Crippen LogP contribution in [0.4, 0.5) is 0 Å². The van der Waals surface area contributed by atoms with Crippen LogP contribution >= 0.6 is 11.6 Å². The molecule has 3 aromatic rings. The van der Waals surface area contributed by atoms with Gasteiger partial charge in [-0.2, -0.15) is 10.1 Å². The maximum Gasteiger partial charge on any atom is 0.224 e. The van der Waals surface area contributed by atoms with Crippen LogP contribution in [0.15, 0.2) is 48.8 Å². The van der Waals surface area contributed by atoms with Crippen LogP contribution in [0, 0.1) is 0 Å². The molecule has 0 amide bonds. The molecule has 2 heterocycles. The van der Waals surface area contributed by atoms with Gasteiger partial charge in [0, 0.05) is 18.7 Å². The van der Waals surface area contributed by atoms with Crippen LogP contribution in [-0.2, 0) is 7.05 Å². The second-order valence-electron chi connectivity index (χ2n) is 4.17. The van der Waals surface area contributed by atoms with E-state index in [1.54, 1.807) is 23.1 Å². The lowest BCUT2D eigenvalue weighted by atomic mass is 10.2. The Hall–Kier alpha value is -2.40. The van der Waals surface area contributed by atoms with E-state index in [1.165, 1.54) is 0 Å². The summed E-state index contributed by atoms with van der Waals surface area (Å²) in [5, 5.41) is 4.36. The first-order valence-electron chi connectivity index (χ1n) is 5.97. The second-order valence-corrected chi connectivity index (χ2v) is 4.56. The number of ether oxygens (including phenoxy) is 1. The molecule has 0 aliphatic heterocycles. The van der Waals surface area contributed by atoms with E-state index < -0.39 is 0 Å². The second kappa shape index (κ2) is 5.30. The van der Waals surface area contributed by atoms with Gasteiger partial charge >= 0.3 is 0 Å². The zero-order valence-corrected chi connectivity index (χ0v) is 11.4. The Morgan fingerprint density at radius 2 is 1.95 bits per heavy atom. The smallest absolute Gasteiger partial charge is 0.224 e. The SMILES string of the molecule is Cn1cc(Oc2cc(Cl)nc(-c3ccccc3)n2)cn1. The van der Waals surface area contributed by atoms with Gasteiger partial charge in [-0.3, -0.25) is 4.68 Å². The van der Waals surface area contributed by atoms with Crippen LogP contribution in [0.5, 0.6) is 11.6 Å². The van der Waals surface area contributed by atoms with Crippen molar-refractivity contribution in [2.75, 3.05) is 0 Å². The fourth-order valence-corrected chi connectivity index (χ4v) is 1.91. The molecule has 0 radical (unpaired) electrons. The van der Waals surface area contributed by atoms with Crippen LogP contribution in [0.2, 0.25) is 5.15 Å². The molecule has 0 saturated carbocycles. The molecule has 0 saturated heterocycles. The van der Waals surface area contributed by atoms with E-state index >= 15 is 0 Å². The molecule has 20 heavy (non-hydrogen) atoms. The largest absolute Gasteiger partial charge is 0.436 e.